The summed E-state index contributed by atoms with van der Waals surface area (Å²) in [4.78, 5) is 26.9. The number of hydrogen-bond donors (Lipinski definition) is 2. The highest BCUT2D eigenvalue weighted by Crippen LogP contribution is 2.08. The molecule has 0 saturated carbocycles. The summed E-state index contributed by atoms with van der Waals surface area (Å²) in [5.41, 5.74) is 0. The minimum Gasteiger partial charge on any atom is -0.481 e. The molecular formula is C12H21F2N3O4. The van der Waals surface area contributed by atoms with Gasteiger partial charge in [-0.1, -0.05) is 0 Å². The maximum atomic E-state index is 12.4. The van der Waals surface area contributed by atoms with Crippen LogP contribution < -0.4 is 0 Å². The Morgan fingerprint density at radius 2 is 1.81 bits per heavy atom. The summed E-state index contributed by atoms with van der Waals surface area (Å²) < 4.78 is 24.8. The van der Waals surface area contributed by atoms with Crippen LogP contribution in [0.2, 0.25) is 0 Å². The van der Waals surface area contributed by atoms with E-state index in [-0.39, 0.29) is 19.6 Å². The molecule has 0 unspecified atom stereocenters. The molecule has 1 aliphatic rings. The number of carboxylic acid groups (broad SMARTS) is 1. The van der Waals surface area contributed by atoms with Gasteiger partial charge < -0.3 is 20.0 Å². The second kappa shape index (κ2) is 8.73. The van der Waals surface area contributed by atoms with Crippen molar-refractivity contribution in [2.24, 2.45) is 0 Å². The van der Waals surface area contributed by atoms with Gasteiger partial charge in [-0.05, 0) is 0 Å². The van der Waals surface area contributed by atoms with Gasteiger partial charge in [-0.3, -0.25) is 9.69 Å². The summed E-state index contributed by atoms with van der Waals surface area (Å²) >= 11 is 0. The first kappa shape index (κ1) is 17.6. The minimum atomic E-state index is -2.64. The quantitative estimate of drug-likeness (QED) is 0.678. The zero-order chi connectivity index (χ0) is 15.8. The first-order valence-corrected chi connectivity index (χ1v) is 6.81. The molecule has 0 radical (unpaired) electrons. The van der Waals surface area contributed by atoms with Gasteiger partial charge in [-0.25, -0.2) is 13.6 Å². The third-order valence-corrected chi connectivity index (χ3v) is 3.28. The first-order chi connectivity index (χ1) is 9.93. The van der Waals surface area contributed by atoms with Crippen LogP contribution in [-0.2, 0) is 4.79 Å². The highest BCUT2D eigenvalue weighted by molar-refractivity contribution is 5.74. The Labute approximate surface area is 121 Å². The number of carbonyl (C=O) groups excluding carboxylic acids is 1. The van der Waals surface area contributed by atoms with Crippen LogP contribution in [0.25, 0.3) is 0 Å². The Balaban J connectivity index is 2.43. The average molecular weight is 309 g/mol. The van der Waals surface area contributed by atoms with Gasteiger partial charge in [-0.2, -0.15) is 0 Å². The first-order valence-electron chi connectivity index (χ1n) is 6.81. The molecule has 0 aromatic carbocycles. The van der Waals surface area contributed by atoms with Crippen LogP contribution in [-0.4, -0.2) is 95.8 Å². The smallest absolute Gasteiger partial charge is 0.320 e. The van der Waals surface area contributed by atoms with E-state index in [1.807, 2.05) is 4.90 Å². The standard InChI is InChI=1S/C12H21F2N3O4/c13-10(14)9-17(7-8-18)12(21)16-5-3-15(4-6-16)2-1-11(19)20/h10,18H,1-9H2,(H,19,20). The van der Waals surface area contributed by atoms with Gasteiger partial charge in [0.2, 0.25) is 0 Å². The van der Waals surface area contributed by atoms with Crippen LogP contribution in [0.4, 0.5) is 13.6 Å². The Hall–Kier alpha value is -1.48. The maximum absolute atomic E-state index is 12.4. The van der Waals surface area contributed by atoms with Gasteiger partial charge in [0.1, 0.15) is 0 Å². The predicted molar refractivity (Wildman–Crippen MR) is 70.3 cm³/mol. The number of aliphatic hydroxyl groups is 1. The second-order valence-corrected chi connectivity index (χ2v) is 4.82. The molecule has 2 N–H and O–H groups in total. The van der Waals surface area contributed by atoms with Crippen LogP contribution >= 0.6 is 0 Å². The van der Waals surface area contributed by atoms with Crippen LogP contribution in [0.1, 0.15) is 6.42 Å². The summed E-state index contributed by atoms with van der Waals surface area (Å²) in [6, 6.07) is -0.512. The number of urea groups is 1. The number of alkyl halides is 2. The van der Waals surface area contributed by atoms with Crippen molar-refractivity contribution in [3.05, 3.63) is 0 Å². The van der Waals surface area contributed by atoms with Crippen molar-refractivity contribution in [1.82, 2.24) is 14.7 Å². The number of rotatable bonds is 7. The van der Waals surface area contributed by atoms with Gasteiger partial charge in [-0.15, -0.1) is 0 Å². The van der Waals surface area contributed by atoms with E-state index in [2.05, 4.69) is 0 Å². The number of carbonyl (C=O) groups is 2. The minimum absolute atomic E-state index is 0.0377. The lowest BCUT2D eigenvalue weighted by Gasteiger charge is -2.37. The van der Waals surface area contributed by atoms with Crippen LogP contribution in [0.15, 0.2) is 0 Å². The monoisotopic (exact) mass is 309 g/mol. The Morgan fingerprint density at radius 1 is 1.19 bits per heavy atom. The third-order valence-electron chi connectivity index (χ3n) is 3.28. The Kier molecular flexibility index (Phi) is 7.30. The summed E-state index contributed by atoms with van der Waals surface area (Å²) in [7, 11) is 0. The Bertz CT molecular complexity index is 349. The number of piperazine rings is 1. The van der Waals surface area contributed by atoms with Crippen molar-refractivity contribution < 1.29 is 28.6 Å². The molecule has 21 heavy (non-hydrogen) atoms. The molecule has 1 rings (SSSR count). The molecule has 0 aromatic rings. The Morgan fingerprint density at radius 3 is 2.29 bits per heavy atom. The fourth-order valence-electron chi connectivity index (χ4n) is 2.17. The van der Waals surface area contributed by atoms with Gasteiger partial charge >= 0.3 is 12.0 Å². The average Bonchev–Trinajstić information content (AvgIpc) is 2.44. The fourth-order valence-corrected chi connectivity index (χ4v) is 2.17. The van der Waals surface area contributed by atoms with E-state index in [0.29, 0.717) is 32.7 Å². The van der Waals surface area contributed by atoms with E-state index in [1.54, 1.807) is 0 Å². The number of aliphatic carboxylic acids is 1. The molecule has 2 amide bonds. The lowest BCUT2D eigenvalue weighted by atomic mass is 10.3. The zero-order valence-electron chi connectivity index (χ0n) is 11.7. The largest absolute Gasteiger partial charge is 0.481 e. The van der Waals surface area contributed by atoms with Crippen LogP contribution in [0.5, 0.6) is 0 Å². The molecule has 1 fully saturated rings. The van der Waals surface area contributed by atoms with Crippen molar-refractivity contribution in [2.45, 2.75) is 12.8 Å². The SMILES string of the molecule is O=C(O)CCN1CCN(C(=O)N(CCO)CC(F)F)CC1. The molecule has 7 nitrogen and oxygen atoms in total. The zero-order valence-corrected chi connectivity index (χ0v) is 11.7. The van der Waals surface area contributed by atoms with Crippen molar-refractivity contribution in [3.63, 3.8) is 0 Å². The number of amides is 2. The lowest BCUT2D eigenvalue weighted by molar-refractivity contribution is -0.137. The van der Waals surface area contributed by atoms with Crippen molar-refractivity contribution in [1.29, 1.82) is 0 Å². The molecule has 0 aromatic heterocycles. The van der Waals surface area contributed by atoms with Crippen LogP contribution in [0, 0.1) is 0 Å². The second-order valence-electron chi connectivity index (χ2n) is 4.82. The number of aliphatic hydroxyl groups excluding tert-OH is 1. The van der Waals surface area contributed by atoms with E-state index in [4.69, 9.17) is 10.2 Å². The number of nitrogens with zero attached hydrogens (tertiary/aromatic N) is 3. The highest BCUT2D eigenvalue weighted by atomic mass is 19.3. The normalized spacial score (nSPS) is 16.3. The maximum Gasteiger partial charge on any atom is 0.320 e. The summed E-state index contributed by atoms with van der Waals surface area (Å²) in [5, 5.41) is 17.4. The number of halogens is 2. The van der Waals surface area contributed by atoms with Gasteiger partial charge in [0.15, 0.2) is 0 Å². The number of hydrogen-bond acceptors (Lipinski definition) is 4. The van der Waals surface area contributed by atoms with E-state index in [1.165, 1.54) is 4.90 Å². The summed E-state index contributed by atoms with van der Waals surface area (Å²) in [6.07, 6.45) is -2.60. The fraction of sp³-hybridized carbons (Fsp3) is 0.833. The molecule has 0 atom stereocenters. The highest BCUT2D eigenvalue weighted by Gasteiger charge is 2.26. The summed E-state index contributed by atoms with van der Waals surface area (Å²) in [5.74, 6) is -0.875. The van der Waals surface area contributed by atoms with Gasteiger partial charge in [0, 0.05) is 39.3 Å². The van der Waals surface area contributed by atoms with Gasteiger partial charge in [0.05, 0.1) is 19.6 Å². The molecule has 0 aliphatic carbocycles. The van der Waals surface area contributed by atoms with E-state index < -0.39 is 25.0 Å². The molecule has 0 bridgehead atoms. The predicted octanol–water partition coefficient (Wildman–Crippen LogP) is -0.242. The van der Waals surface area contributed by atoms with E-state index in [9.17, 15) is 18.4 Å². The molecule has 1 aliphatic heterocycles. The molecule has 122 valence electrons. The molecule has 1 heterocycles. The molecule has 9 heteroatoms. The van der Waals surface area contributed by atoms with E-state index in [0.717, 1.165) is 4.90 Å². The van der Waals surface area contributed by atoms with Crippen molar-refractivity contribution in [2.75, 3.05) is 52.4 Å². The van der Waals surface area contributed by atoms with Gasteiger partial charge in [0.25, 0.3) is 6.43 Å². The van der Waals surface area contributed by atoms with Crippen molar-refractivity contribution >= 4 is 12.0 Å². The van der Waals surface area contributed by atoms with Crippen LogP contribution in [0.3, 0.4) is 0 Å². The molecule has 0 spiro atoms. The molecular weight excluding hydrogens is 288 g/mol. The number of carboxylic acids is 1. The summed E-state index contributed by atoms with van der Waals surface area (Å²) in [6.45, 7) is 0.987. The van der Waals surface area contributed by atoms with Crippen molar-refractivity contribution in [3.8, 4) is 0 Å². The molecule has 1 saturated heterocycles. The lowest BCUT2D eigenvalue weighted by Crippen LogP contribution is -2.54. The topological polar surface area (TPSA) is 84.3 Å². The van der Waals surface area contributed by atoms with E-state index >= 15 is 0 Å². The third kappa shape index (κ3) is 6.21.